The van der Waals surface area contributed by atoms with Crippen molar-refractivity contribution in [3.63, 3.8) is 0 Å². The largest absolute Gasteiger partial charge is 0.319 e. The molecule has 0 bridgehead atoms. The molecule has 1 atom stereocenters. The third-order valence-electron chi connectivity index (χ3n) is 2.87. The molecule has 98 valence electrons. The number of carbonyl (C=O) groups excluding carboxylic acids is 1. The fourth-order valence-electron chi connectivity index (χ4n) is 2.01. The Morgan fingerprint density at radius 1 is 1.61 bits per heavy atom. The van der Waals surface area contributed by atoms with Crippen LogP contribution in [0.1, 0.15) is 13.3 Å². The van der Waals surface area contributed by atoms with Gasteiger partial charge in [0.2, 0.25) is 5.91 Å². The van der Waals surface area contributed by atoms with E-state index in [1.807, 2.05) is 7.05 Å². The number of nitrogens with one attached hydrogen (secondary N) is 1. The van der Waals surface area contributed by atoms with Gasteiger partial charge < -0.3 is 10.2 Å². The molecule has 18 heavy (non-hydrogen) atoms. The first kappa shape index (κ1) is 13.4. The number of benzene rings is 1. The zero-order chi connectivity index (χ0) is 13.1. The van der Waals surface area contributed by atoms with Gasteiger partial charge in [-0.25, -0.2) is 4.39 Å². The highest BCUT2D eigenvalue weighted by molar-refractivity contribution is 8.00. The third-order valence-corrected chi connectivity index (χ3v) is 4.02. The Kier molecular flexibility index (Phi) is 4.24. The van der Waals surface area contributed by atoms with Gasteiger partial charge in [-0.1, -0.05) is 6.92 Å². The van der Waals surface area contributed by atoms with E-state index in [4.69, 9.17) is 0 Å². The molecule has 3 nitrogen and oxygen atoms in total. The highest BCUT2D eigenvalue weighted by Crippen LogP contribution is 2.38. The van der Waals surface area contributed by atoms with Crippen LogP contribution in [0.15, 0.2) is 23.1 Å². The average Bonchev–Trinajstić information content (AvgIpc) is 2.35. The number of carbonyl (C=O) groups is 1. The van der Waals surface area contributed by atoms with Crippen LogP contribution in [0.3, 0.4) is 0 Å². The number of hydrogen-bond acceptors (Lipinski definition) is 3. The Bertz CT molecular complexity index is 453. The number of amides is 1. The predicted molar refractivity (Wildman–Crippen MR) is 72.6 cm³/mol. The molecule has 1 aromatic rings. The lowest BCUT2D eigenvalue weighted by Gasteiger charge is -2.32. The van der Waals surface area contributed by atoms with Crippen molar-refractivity contribution in [1.82, 2.24) is 5.32 Å². The van der Waals surface area contributed by atoms with Crippen molar-refractivity contribution in [2.24, 2.45) is 0 Å². The van der Waals surface area contributed by atoms with Gasteiger partial charge in [-0.2, -0.15) is 0 Å². The highest BCUT2D eigenvalue weighted by Gasteiger charge is 2.26. The van der Waals surface area contributed by atoms with Gasteiger partial charge in [0.05, 0.1) is 5.69 Å². The number of thioether (sulfide) groups is 1. The maximum absolute atomic E-state index is 13.3. The summed E-state index contributed by atoms with van der Waals surface area (Å²) in [5, 5.41) is 3.29. The Morgan fingerprint density at radius 3 is 3.11 bits per heavy atom. The lowest BCUT2D eigenvalue weighted by atomic mass is 10.2. The summed E-state index contributed by atoms with van der Waals surface area (Å²) < 4.78 is 13.3. The van der Waals surface area contributed by atoms with Crippen molar-refractivity contribution in [3.8, 4) is 0 Å². The number of halogens is 1. The molecule has 1 N–H and O–H groups in total. The fourth-order valence-corrected chi connectivity index (χ4v) is 3.11. The monoisotopic (exact) mass is 268 g/mol. The minimum atomic E-state index is -0.296. The maximum Gasteiger partial charge on any atom is 0.228 e. The normalized spacial score (nSPS) is 18.6. The second-order valence-corrected chi connectivity index (χ2v) is 5.88. The predicted octanol–water partition coefficient (Wildman–Crippen LogP) is 2.26. The molecule has 2 rings (SSSR count). The maximum atomic E-state index is 13.3. The second kappa shape index (κ2) is 5.71. The topological polar surface area (TPSA) is 32.3 Å². The molecule has 5 heteroatoms. The third kappa shape index (κ3) is 2.84. The molecule has 1 aliphatic rings. The van der Waals surface area contributed by atoms with Gasteiger partial charge in [0.15, 0.2) is 0 Å². The summed E-state index contributed by atoms with van der Waals surface area (Å²) in [4.78, 5) is 14.8. The first-order chi connectivity index (χ1) is 8.61. The summed E-state index contributed by atoms with van der Waals surface area (Å²) in [6, 6.07) is 4.65. The first-order valence-electron chi connectivity index (χ1n) is 6.03. The molecule has 0 aromatic heterocycles. The van der Waals surface area contributed by atoms with Gasteiger partial charge >= 0.3 is 0 Å². The molecule has 0 spiro atoms. The molecule has 1 unspecified atom stereocenters. The van der Waals surface area contributed by atoms with Crippen molar-refractivity contribution in [2.75, 3.05) is 25.0 Å². The van der Waals surface area contributed by atoms with Gasteiger partial charge in [-0.15, -0.1) is 11.8 Å². The lowest BCUT2D eigenvalue weighted by Crippen LogP contribution is -2.39. The zero-order valence-corrected chi connectivity index (χ0v) is 11.4. The summed E-state index contributed by atoms with van der Waals surface area (Å²) in [5.74, 6) is -0.251. The van der Waals surface area contributed by atoms with Crippen LogP contribution >= 0.6 is 11.8 Å². The summed E-state index contributed by atoms with van der Waals surface area (Å²) in [6.45, 7) is 3.36. The quantitative estimate of drug-likeness (QED) is 0.912. The second-order valence-electron chi connectivity index (χ2n) is 4.40. The molecule has 0 saturated heterocycles. The molecule has 1 heterocycles. The van der Waals surface area contributed by atoms with E-state index in [-0.39, 0.29) is 11.7 Å². The average molecular weight is 268 g/mol. The fraction of sp³-hybridized carbons (Fsp3) is 0.462. The number of nitrogens with zero attached hydrogens (tertiary/aromatic N) is 1. The number of anilines is 1. The van der Waals surface area contributed by atoms with E-state index >= 15 is 0 Å². The smallest absolute Gasteiger partial charge is 0.228 e. The molecule has 1 amide bonds. The van der Waals surface area contributed by atoms with Crippen LogP contribution in [-0.4, -0.2) is 31.3 Å². The number of hydrogen-bond donors (Lipinski definition) is 1. The minimum Gasteiger partial charge on any atom is -0.319 e. The van der Waals surface area contributed by atoms with Gasteiger partial charge in [0.25, 0.3) is 0 Å². The summed E-state index contributed by atoms with van der Waals surface area (Å²) in [5.41, 5.74) is 0.708. The molecular formula is C13H17FN2OS. The van der Waals surface area contributed by atoms with E-state index in [9.17, 15) is 9.18 Å². The summed E-state index contributed by atoms with van der Waals surface area (Å²) in [7, 11) is 1.82. The van der Waals surface area contributed by atoms with E-state index in [1.54, 1.807) is 22.7 Å². The molecule has 0 aliphatic carbocycles. The number of fused-ring (bicyclic) bond motifs is 1. The van der Waals surface area contributed by atoms with E-state index in [2.05, 4.69) is 12.2 Å². The summed E-state index contributed by atoms with van der Waals surface area (Å²) >= 11 is 1.69. The molecule has 0 saturated carbocycles. The van der Waals surface area contributed by atoms with Crippen LogP contribution in [0.4, 0.5) is 10.1 Å². The Labute approximate surface area is 111 Å². The van der Waals surface area contributed by atoms with Crippen LogP contribution in [0.2, 0.25) is 0 Å². The number of rotatable bonds is 3. The Balaban J connectivity index is 2.26. The van der Waals surface area contributed by atoms with Gasteiger partial charge in [-0.3, -0.25) is 4.79 Å². The van der Waals surface area contributed by atoms with Crippen molar-refractivity contribution >= 4 is 23.4 Å². The Morgan fingerprint density at radius 2 is 2.39 bits per heavy atom. The van der Waals surface area contributed by atoms with Crippen molar-refractivity contribution < 1.29 is 9.18 Å². The molecule has 0 fully saturated rings. The molecule has 1 aromatic carbocycles. The van der Waals surface area contributed by atoms with Crippen molar-refractivity contribution in [1.29, 1.82) is 0 Å². The molecule has 0 radical (unpaired) electrons. The van der Waals surface area contributed by atoms with Crippen LogP contribution < -0.4 is 10.2 Å². The molecule has 1 aliphatic heterocycles. The van der Waals surface area contributed by atoms with E-state index < -0.39 is 0 Å². The van der Waals surface area contributed by atoms with Gasteiger partial charge in [0, 0.05) is 29.7 Å². The molecular weight excluding hydrogens is 251 g/mol. The van der Waals surface area contributed by atoms with Crippen LogP contribution in [0.5, 0.6) is 0 Å². The zero-order valence-electron chi connectivity index (χ0n) is 10.6. The van der Waals surface area contributed by atoms with Crippen molar-refractivity contribution in [3.05, 3.63) is 24.0 Å². The van der Waals surface area contributed by atoms with Crippen LogP contribution in [0, 0.1) is 5.82 Å². The van der Waals surface area contributed by atoms with E-state index in [0.29, 0.717) is 30.4 Å². The van der Waals surface area contributed by atoms with Crippen LogP contribution in [-0.2, 0) is 4.79 Å². The first-order valence-corrected chi connectivity index (χ1v) is 6.91. The standard InChI is InChI=1S/C13H17FN2OS/c1-9-8-16(13(17)5-6-15-2)11-7-10(14)3-4-12(11)18-9/h3-4,7,9,15H,5-6,8H2,1-2H3. The minimum absolute atomic E-state index is 0.0448. The van der Waals surface area contributed by atoms with E-state index in [0.717, 1.165) is 4.90 Å². The van der Waals surface area contributed by atoms with Gasteiger partial charge in [-0.05, 0) is 25.2 Å². The van der Waals surface area contributed by atoms with Crippen molar-refractivity contribution in [2.45, 2.75) is 23.5 Å². The highest BCUT2D eigenvalue weighted by atomic mass is 32.2. The van der Waals surface area contributed by atoms with E-state index in [1.165, 1.54) is 12.1 Å². The Hall–Kier alpha value is -1.07. The SMILES string of the molecule is CNCCC(=O)N1CC(C)Sc2ccc(F)cc21. The lowest BCUT2D eigenvalue weighted by molar-refractivity contribution is -0.118. The van der Waals surface area contributed by atoms with Crippen LogP contribution in [0.25, 0.3) is 0 Å². The summed E-state index contributed by atoms with van der Waals surface area (Å²) in [6.07, 6.45) is 0.434. The van der Waals surface area contributed by atoms with Gasteiger partial charge in [0.1, 0.15) is 5.82 Å².